The smallest absolute Gasteiger partial charge is 0.0533 e. The van der Waals surface area contributed by atoms with E-state index < -0.39 is 0 Å². The van der Waals surface area contributed by atoms with Crippen molar-refractivity contribution in [2.45, 2.75) is 32.1 Å². The van der Waals surface area contributed by atoms with Gasteiger partial charge in [0.15, 0.2) is 0 Å². The molecule has 1 aromatic rings. The molecule has 0 saturated heterocycles. The summed E-state index contributed by atoms with van der Waals surface area (Å²) in [5.41, 5.74) is 4.41. The van der Waals surface area contributed by atoms with Crippen LogP contribution >= 0.6 is 0 Å². The number of likely N-dealkylation sites (N-methyl/N-ethyl adjacent to an activating group) is 1. The maximum Gasteiger partial charge on any atom is 0.0533 e. The van der Waals surface area contributed by atoms with E-state index in [9.17, 15) is 5.11 Å². The molecular weight excluding hydrogens is 210 g/mol. The van der Waals surface area contributed by atoms with E-state index in [-0.39, 0.29) is 17.4 Å². The Morgan fingerprint density at radius 1 is 1.35 bits per heavy atom. The zero-order valence-corrected chi connectivity index (χ0v) is 11.0. The van der Waals surface area contributed by atoms with Crippen molar-refractivity contribution < 1.29 is 5.11 Å². The topological polar surface area (TPSA) is 23.5 Å². The lowest BCUT2D eigenvalue weighted by Gasteiger charge is -2.20. The van der Waals surface area contributed by atoms with Crippen LogP contribution in [0.2, 0.25) is 0 Å². The maximum atomic E-state index is 9.74. The molecule has 2 heteroatoms. The number of fused-ring (bicyclic) bond motifs is 1. The van der Waals surface area contributed by atoms with E-state index >= 15 is 0 Å². The van der Waals surface area contributed by atoms with Crippen LogP contribution < -0.4 is 4.90 Å². The number of aliphatic hydroxyl groups is 1. The first-order valence-electron chi connectivity index (χ1n) is 6.46. The second kappa shape index (κ2) is 3.26. The lowest BCUT2D eigenvalue weighted by Crippen LogP contribution is -2.19. The summed E-state index contributed by atoms with van der Waals surface area (Å²) in [5.74, 6) is 0. The molecule has 1 atom stereocenters. The van der Waals surface area contributed by atoms with Crippen LogP contribution in [0.15, 0.2) is 18.2 Å². The minimum atomic E-state index is 0.0171. The maximum absolute atomic E-state index is 9.74. The Kier molecular flexibility index (Phi) is 2.13. The third-order valence-corrected chi connectivity index (χ3v) is 4.94. The molecule has 0 aromatic heterocycles. The van der Waals surface area contributed by atoms with Gasteiger partial charge in [-0.3, -0.25) is 0 Å². The van der Waals surface area contributed by atoms with E-state index in [0.717, 1.165) is 19.4 Å². The van der Waals surface area contributed by atoms with Crippen LogP contribution in [0, 0.1) is 5.41 Å². The van der Waals surface area contributed by atoms with Crippen molar-refractivity contribution in [2.24, 2.45) is 5.41 Å². The Labute approximate surface area is 103 Å². The summed E-state index contributed by atoms with van der Waals surface area (Å²) in [4.78, 5) is 2.31. The lowest BCUT2D eigenvalue weighted by molar-refractivity contribution is 0.231. The van der Waals surface area contributed by atoms with Crippen molar-refractivity contribution >= 4 is 5.69 Å². The van der Waals surface area contributed by atoms with E-state index in [0.29, 0.717) is 0 Å². The average molecular weight is 231 g/mol. The number of rotatable bonds is 2. The summed E-state index contributed by atoms with van der Waals surface area (Å²) in [7, 11) is 2.15. The molecule has 0 bridgehead atoms. The fourth-order valence-electron chi connectivity index (χ4n) is 3.43. The van der Waals surface area contributed by atoms with Gasteiger partial charge in [-0.15, -0.1) is 0 Å². The highest BCUT2D eigenvalue weighted by molar-refractivity contribution is 5.60. The zero-order chi connectivity index (χ0) is 12.3. The van der Waals surface area contributed by atoms with Crippen molar-refractivity contribution in [3.05, 3.63) is 29.3 Å². The van der Waals surface area contributed by atoms with Gasteiger partial charge in [-0.2, -0.15) is 0 Å². The van der Waals surface area contributed by atoms with Gasteiger partial charge < -0.3 is 10.0 Å². The number of anilines is 1. The summed E-state index contributed by atoms with van der Waals surface area (Å²) in [6.07, 6.45) is 2.24. The molecule has 1 aliphatic heterocycles. The molecule has 1 fully saturated rings. The van der Waals surface area contributed by atoms with Crippen LogP contribution in [0.5, 0.6) is 0 Å². The van der Waals surface area contributed by atoms with Crippen LogP contribution in [-0.2, 0) is 11.8 Å². The van der Waals surface area contributed by atoms with Gasteiger partial charge in [0.05, 0.1) is 6.61 Å². The first-order valence-corrected chi connectivity index (χ1v) is 6.46. The normalized spacial score (nSPS) is 29.3. The summed E-state index contributed by atoms with van der Waals surface area (Å²) < 4.78 is 0. The Hall–Kier alpha value is -1.02. The van der Waals surface area contributed by atoms with E-state index in [1.54, 1.807) is 0 Å². The Balaban J connectivity index is 2.01. The Bertz CT molecular complexity index is 466. The molecule has 3 rings (SSSR count). The van der Waals surface area contributed by atoms with Gasteiger partial charge in [-0.25, -0.2) is 0 Å². The summed E-state index contributed by atoms with van der Waals surface area (Å²) in [6.45, 7) is 5.90. The van der Waals surface area contributed by atoms with Gasteiger partial charge in [-0.1, -0.05) is 26.0 Å². The summed E-state index contributed by atoms with van der Waals surface area (Å²) in [5, 5.41) is 9.74. The molecule has 92 valence electrons. The molecule has 1 unspecified atom stereocenters. The first kappa shape index (κ1) is 11.1. The number of hydrogen-bond donors (Lipinski definition) is 1. The molecule has 0 radical (unpaired) electrons. The average Bonchev–Trinajstić information content (AvgIpc) is 2.69. The Morgan fingerprint density at radius 3 is 2.65 bits per heavy atom. The molecule has 17 heavy (non-hydrogen) atoms. The van der Waals surface area contributed by atoms with E-state index in [1.165, 1.54) is 16.8 Å². The second-order valence-electron chi connectivity index (χ2n) is 6.32. The SMILES string of the molecule is CN1CCc2cc(C3(CO)CC3(C)C)ccc21. The number of benzene rings is 1. The molecule has 1 aliphatic carbocycles. The van der Waals surface area contributed by atoms with Gasteiger partial charge in [-0.05, 0) is 35.4 Å². The fourth-order valence-corrected chi connectivity index (χ4v) is 3.43. The molecule has 2 aliphatic rings. The molecule has 1 saturated carbocycles. The van der Waals surface area contributed by atoms with Crippen LogP contribution in [0.25, 0.3) is 0 Å². The molecular formula is C15H21NO. The largest absolute Gasteiger partial charge is 0.395 e. The van der Waals surface area contributed by atoms with Gasteiger partial charge in [0.1, 0.15) is 0 Å². The number of aliphatic hydroxyl groups excluding tert-OH is 1. The highest BCUT2D eigenvalue weighted by atomic mass is 16.3. The third-order valence-electron chi connectivity index (χ3n) is 4.94. The third kappa shape index (κ3) is 1.37. The second-order valence-corrected chi connectivity index (χ2v) is 6.32. The Morgan fingerprint density at radius 2 is 2.06 bits per heavy atom. The van der Waals surface area contributed by atoms with Crippen molar-refractivity contribution in [2.75, 3.05) is 25.1 Å². The fraction of sp³-hybridized carbons (Fsp3) is 0.600. The van der Waals surface area contributed by atoms with E-state index in [2.05, 4.69) is 44.0 Å². The van der Waals surface area contributed by atoms with E-state index in [4.69, 9.17) is 0 Å². The van der Waals surface area contributed by atoms with Gasteiger partial charge in [0.25, 0.3) is 0 Å². The van der Waals surface area contributed by atoms with Crippen LogP contribution in [0.1, 0.15) is 31.4 Å². The molecule has 1 aromatic carbocycles. The minimum Gasteiger partial charge on any atom is -0.395 e. The number of nitrogens with zero attached hydrogens (tertiary/aromatic N) is 1. The highest BCUT2D eigenvalue weighted by Gasteiger charge is 2.61. The molecule has 2 nitrogen and oxygen atoms in total. The van der Waals surface area contributed by atoms with Gasteiger partial charge >= 0.3 is 0 Å². The minimum absolute atomic E-state index is 0.0171. The standard InChI is InChI=1S/C15H21NO/c1-14(2)9-15(14,10-17)12-4-5-13-11(8-12)6-7-16(13)3/h4-5,8,17H,6-7,9-10H2,1-3H3. The van der Waals surface area contributed by atoms with Gasteiger partial charge in [0.2, 0.25) is 0 Å². The van der Waals surface area contributed by atoms with Crippen molar-refractivity contribution in [1.29, 1.82) is 0 Å². The molecule has 1 heterocycles. The monoisotopic (exact) mass is 231 g/mol. The quantitative estimate of drug-likeness (QED) is 0.844. The van der Waals surface area contributed by atoms with E-state index in [1.807, 2.05) is 0 Å². The predicted molar refractivity (Wildman–Crippen MR) is 70.6 cm³/mol. The summed E-state index contributed by atoms with van der Waals surface area (Å²) >= 11 is 0. The first-order chi connectivity index (χ1) is 8.00. The lowest BCUT2D eigenvalue weighted by atomic mass is 9.87. The van der Waals surface area contributed by atoms with Crippen molar-refractivity contribution in [3.63, 3.8) is 0 Å². The van der Waals surface area contributed by atoms with Gasteiger partial charge in [0, 0.05) is 24.7 Å². The van der Waals surface area contributed by atoms with Crippen LogP contribution in [0.4, 0.5) is 5.69 Å². The molecule has 0 amide bonds. The molecule has 1 N–H and O–H groups in total. The van der Waals surface area contributed by atoms with Crippen LogP contribution in [-0.4, -0.2) is 25.3 Å². The van der Waals surface area contributed by atoms with Crippen molar-refractivity contribution in [3.8, 4) is 0 Å². The molecule has 0 spiro atoms. The predicted octanol–water partition coefficient (Wildman–Crippen LogP) is 2.34. The number of hydrogen-bond acceptors (Lipinski definition) is 2. The zero-order valence-electron chi connectivity index (χ0n) is 11.0. The summed E-state index contributed by atoms with van der Waals surface area (Å²) in [6, 6.07) is 6.76. The highest BCUT2D eigenvalue weighted by Crippen LogP contribution is 2.64. The van der Waals surface area contributed by atoms with Crippen LogP contribution in [0.3, 0.4) is 0 Å². The van der Waals surface area contributed by atoms with Crippen molar-refractivity contribution in [1.82, 2.24) is 0 Å².